The molecule has 0 saturated heterocycles. The Hall–Kier alpha value is -2.03. The molecule has 2 aromatic rings. The van der Waals surface area contributed by atoms with Crippen molar-refractivity contribution < 1.29 is 4.79 Å². The van der Waals surface area contributed by atoms with Crippen LogP contribution >= 0.6 is 0 Å². The minimum absolute atomic E-state index is 0.350. The third-order valence-corrected chi connectivity index (χ3v) is 5.78. The average Bonchev–Trinajstić information content (AvgIpc) is 3.14. The standard InChI is InChI=1S/C24H34N2O/c1-2-3-6-17-24(27)26(22-14-9-5-10-15-22)20-23-16-11-18-25(23)19-21-12-7-4-8-13-21/h4,7-8,11-13,16,18,22H,2-3,5-6,9-10,14-15,17,19-20H2,1H3. The van der Waals surface area contributed by atoms with Gasteiger partial charge in [-0.2, -0.15) is 0 Å². The maximum Gasteiger partial charge on any atom is 0.223 e. The second-order valence-corrected chi connectivity index (χ2v) is 7.88. The van der Waals surface area contributed by atoms with Gasteiger partial charge in [0.05, 0.1) is 6.54 Å². The molecule has 3 nitrogen and oxygen atoms in total. The summed E-state index contributed by atoms with van der Waals surface area (Å²) >= 11 is 0. The molecule has 1 amide bonds. The van der Waals surface area contributed by atoms with Crippen LogP contribution < -0.4 is 0 Å². The zero-order valence-electron chi connectivity index (χ0n) is 16.8. The van der Waals surface area contributed by atoms with Crippen molar-refractivity contribution in [1.29, 1.82) is 0 Å². The maximum atomic E-state index is 13.0. The molecular formula is C24H34N2O. The molecule has 27 heavy (non-hydrogen) atoms. The van der Waals surface area contributed by atoms with E-state index >= 15 is 0 Å². The van der Waals surface area contributed by atoms with Gasteiger partial charge in [-0.15, -0.1) is 0 Å². The highest BCUT2D eigenvalue weighted by Gasteiger charge is 2.25. The van der Waals surface area contributed by atoms with Gasteiger partial charge in [-0.3, -0.25) is 4.79 Å². The molecule has 1 aromatic carbocycles. The largest absolute Gasteiger partial charge is 0.345 e. The molecule has 0 radical (unpaired) electrons. The SMILES string of the molecule is CCCCCC(=O)N(Cc1cccn1Cc1ccccc1)C1CCCCC1. The van der Waals surface area contributed by atoms with Crippen LogP contribution in [0.1, 0.15) is 76.0 Å². The lowest BCUT2D eigenvalue weighted by Gasteiger charge is -2.35. The number of hydrogen-bond donors (Lipinski definition) is 0. The van der Waals surface area contributed by atoms with Crippen molar-refractivity contribution in [2.24, 2.45) is 0 Å². The minimum atomic E-state index is 0.350. The number of rotatable bonds is 9. The molecular weight excluding hydrogens is 332 g/mol. The van der Waals surface area contributed by atoms with Gasteiger partial charge in [0.2, 0.25) is 5.91 Å². The number of hydrogen-bond acceptors (Lipinski definition) is 1. The van der Waals surface area contributed by atoms with E-state index in [1.54, 1.807) is 0 Å². The molecule has 1 aromatic heterocycles. The van der Waals surface area contributed by atoms with Gasteiger partial charge in [-0.25, -0.2) is 0 Å². The van der Waals surface area contributed by atoms with Crippen LogP contribution in [0.2, 0.25) is 0 Å². The Kier molecular flexibility index (Phi) is 7.55. The first-order valence-electron chi connectivity index (χ1n) is 10.8. The zero-order chi connectivity index (χ0) is 18.9. The summed E-state index contributed by atoms with van der Waals surface area (Å²) < 4.78 is 2.30. The van der Waals surface area contributed by atoms with Gasteiger partial charge >= 0.3 is 0 Å². The van der Waals surface area contributed by atoms with Crippen molar-refractivity contribution in [3.05, 3.63) is 59.9 Å². The Morgan fingerprint density at radius 1 is 1.04 bits per heavy atom. The van der Waals surface area contributed by atoms with E-state index in [2.05, 4.69) is 65.1 Å². The molecule has 1 aliphatic rings. The van der Waals surface area contributed by atoms with Crippen LogP contribution in [-0.2, 0) is 17.9 Å². The maximum absolute atomic E-state index is 13.0. The molecule has 0 N–H and O–H groups in total. The topological polar surface area (TPSA) is 25.2 Å². The fourth-order valence-electron chi connectivity index (χ4n) is 4.19. The highest BCUT2D eigenvalue weighted by molar-refractivity contribution is 5.76. The van der Waals surface area contributed by atoms with E-state index in [-0.39, 0.29) is 0 Å². The molecule has 0 aliphatic heterocycles. The second kappa shape index (κ2) is 10.3. The van der Waals surface area contributed by atoms with Crippen LogP contribution in [0.5, 0.6) is 0 Å². The normalized spacial score (nSPS) is 15.0. The molecule has 0 unspecified atom stereocenters. The van der Waals surface area contributed by atoms with Crippen LogP contribution in [0.25, 0.3) is 0 Å². The smallest absolute Gasteiger partial charge is 0.223 e. The third-order valence-electron chi connectivity index (χ3n) is 5.78. The molecule has 1 fully saturated rings. The Morgan fingerprint density at radius 3 is 2.56 bits per heavy atom. The van der Waals surface area contributed by atoms with E-state index in [9.17, 15) is 4.79 Å². The predicted octanol–water partition coefficient (Wildman–Crippen LogP) is 5.78. The first kappa shape index (κ1) is 19.7. The fraction of sp³-hybridized carbons (Fsp3) is 0.542. The first-order chi connectivity index (χ1) is 13.3. The van der Waals surface area contributed by atoms with Crippen LogP contribution in [0.15, 0.2) is 48.7 Å². The molecule has 3 rings (SSSR count). The van der Waals surface area contributed by atoms with Crippen molar-refractivity contribution in [3.63, 3.8) is 0 Å². The number of aromatic nitrogens is 1. The highest BCUT2D eigenvalue weighted by Crippen LogP contribution is 2.25. The van der Waals surface area contributed by atoms with Crippen LogP contribution in [0.3, 0.4) is 0 Å². The van der Waals surface area contributed by atoms with E-state index in [4.69, 9.17) is 0 Å². The monoisotopic (exact) mass is 366 g/mol. The van der Waals surface area contributed by atoms with Crippen molar-refractivity contribution in [2.45, 2.75) is 83.8 Å². The van der Waals surface area contributed by atoms with Crippen LogP contribution in [0, 0.1) is 0 Å². The molecule has 146 valence electrons. The van der Waals surface area contributed by atoms with Crippen LogP contribution in [-0.4, -0.2) is 21.4 Å². The van der Waals surface area contributed by atoms with Crippen LogP contribution in [0.4, 0.5) is 0 Å². The number of unbranched alkanes of at least 4 members (excludes halogenated alkanes) is 2. The Balaban J connectivity index is 1.71. The lowest BCUT2D eigenvalue weighted by Crippen LogP contribution is -2.41. The fourth-order valence-corrected chi connectivity index (χ4v) is 4.19. The number of nitrogens with zero attached hydrogens (tertiary/aromatic N) is 2. The van der Waals surface area contributed by atoms with Gasteiger partial charge in [-0.05, 0) is 37.0 Å². The third kappa shape index (κ3) is 5.72. The van der Waals surface area contributed by atoms with Gasteiger partial charge in [0.15, 0.2) is 0 Å². The van der Waals surface area contributed by atoms with Gasteiger partial charge in [0.1, 0.15) is 0 Å². The van der Waals surface area contributed by atoms with Crippen molar-refractivity contribution >= 4 is 5.91 Å². The van der Waals surface area contributed by atoms with Gasteiger partial charge in [0.25, 0.3) is 0 Å². The number of carbonyl (C=O) groups is 1. The summed E-state index contributed by atoms with van der Waals surface area (Å²) in [7, 11) is 0. The van der Waals surface area contributed by atoms with E-state index in [0.29, 0.717) is 18.4 Å². The van der Waals surface area contributed by atoms with E-state index < -0.39 is 0 Å². The Morgan fingerprint density at radius 2 is 1.81 bits per heavy atom. The number of carbonyl (C=O) groups excluding carboxylic acids is 1. The van der Waals surface area contributed by atoms with Crippen molar-refractivity contribution in [3.8, 4) is 0 Å². The first-order valence-corrected chi connectivity index (χ1v) is 10.8. The molecule has 0 bridgehead atoms. The number of amides is 1. The summed E-state index contributed by atoms with van der Waals surface area (Å²) in [5.41, 5.74) is 2.54. The van der Waals surface area contributed by atoms with E-state index in [1.807, 2.05) is 0 Å². The highest BCUT2D eigenvalue weighted by atomic mass is 16.2. The summed E-state index contributed by atoms with van der Waals surface area (Å²) in [5, 5.41) is 0. The molecule has 1 saturated carbocycles. The molecule has 1 aliphatic carbocycles. The Labute approximate surface area is 164 Å². The average molecular weight is 367 g/mol. The molecule has 0 spiro atoms. The van der Waals surface area contributed by atoms with E-state index in [0.717, 1.165) is 32.4 Å². The zero-order valence-corrected chi connectivity index (χ0v) is 16.8. The minimum Gasteiger partial charge on any atom is -0.345 e. The summed E-state index contributed by atoms with van der Waals surface area (Å²) in [6.07, 6.45) is 12.3. The Bertz CT molecular complexity index is 685. The van der Waals surface area contributed by atoms with Crippen molar-refractivity contribution in [1.82, 2.24) is 9.47 Å². The molecule has 3 heteroatoms. The van der Waals surface area contributed by atoms with E-state index in [1.165, 1.54) is 43.4 Å². The van der Waals surface area contributed by atoms with Gasteiger partial charge in [0, 0.05) is 30.9 Å². The second-order valence-electron chi connectivity index (χ2n) is 7.88. The summed E-state index contributed by atoms with van der Waals surface area (Å²) in [4.78, 5) is 15.2. The summed E-state index contributed by atoms with van der Waals surface area (Å²) in [6.45, 7) is 3.81. The quantitative estimate of drug-likeness (QED) is 0.517. The molecule has 0 atom stereocenters. The summed E-state index contributed by atoms with van der Waals surface area (Å²) in [6, 6.07) is 15.3. The van der Waals surface area contributed by atoms with Gasteiger partial charge in [-0.1, -0.05) is 69.4 Å². The van der Waals surface area contributed by atoms with Gasteiger partial charge < -0.3 is 9.47 Å². The lowest BCUT2D eigenvalue weighted by molar-refractivity contribution is -0.135. The number of benzene rings is 1. The lowest BCUT2D eigenvalue weighted by atomic mass is 9.93. The predicted molar refractivity (Wildman–Crippen MR) is 112 cm³/mol. The molecule has 1 heterocycles. The summed E-state index contributed by atoms with van der Waals surface area (Å²) in [5.74, 6) is 0.350. The van der Waals surface area contributed by atoms with Crippen molar-refractivity contribution in [2.75, 3.05) is 0 Å².